The van der Waals surface area contributed by atoms with Crippen molar-refractivity contribution in [2.24, 2.45) is 0 Å². The highest BCUT2D eigenvalue weighted by Crippen LogP contribution is 2.23. The maximum absolute atomic E-state index is 14.1. The van der Waals surface area contributed by atoms with Gasteiger partial charge < -0.3 is 10.6 Å². The zero-order valence-corrected chi connectivity index (χ0v) is 14.4. The van der Waals surface area contributed by atoms with Gasteiger partial charge in [-0.25, -0.2) is 9.37 Å². The molecule has 0 fully saturated rings. The van der Waals surface area contributed by atoms with Gasteiger partial charge in [0, 0.05) is 21.2 Å². The number of anilines is 4. The number of aromatic amines is 1. The smallest absolute Gasteiger partial charge is 0.229 e. The van der Waals surface area contributed by atoms with Crippen molar-refractivity contribution >= 4 is 50.0 Å². The fraction of sp³-hybridized carbons (Fsp3) is 0. The number of nitrogens with zero attached hydrogens (tertiary/aromatic N) is 3. The highest BCUT2D eigenvalue weighted by molar-refractivity contribution is 9.10. The summed E-state index contributed by atoms with van der Waals surface area (Å²) >= 11 is 3.40. The molecule has 2 heterocycles. The summed E-state index contributed by atoms with van der Waals surface area (Å²) in [4.78, 5) is 8.19. The zero-order chi connectivity index (χ0) is 17.2. The van der Waals surface area contributed by atoms with Gasteiger partial charge in [-0.15, -0.1) is 0 Å². The van der Waals surface area contributed by atoms with Crippen LogP contribution in [0, 0.1) is 5.82 Å². The lowest BCUT2D eigenvalue weighted by Crippen LogP contribution is -2.03. The van der Waals surface area contributed by atoms with Crippen molar-refractivity contribution in [3.05, 3.63) is 65.1 Å². The van der Waals surface area contributed by atoms with Crippen molar-refractivity contribution in [3.8, 4) is 0 Å². The average Bonchev–Trinajstić information content (AvgIpc) is 3.06. The normalized spacial score (nSPS) is 10.8. The van der Waals surface area contributed by atoms with Crippen molar-refractivity contribution in [1.29, 1.82) is 0 Å². The number of rotatable bonds is 4. The van der Waals surface area contributed by atoms with Crippen molar-refractivity contribution in [2.45, 2.75) is 0 Å². The van der Waals surface area contributed by atoms with Gasteiger partial charge in [-0.05, 0) is 36.4 Å². The lowest BCUT2D eigenvalue weighted by atomic mass is 10.2. The van der Waals surface area contributed by atoms with Crippen LogP contribution in [-0.2, 0) is 0 Å². The van der Waals surface area contributed by atoms with E-state index in [4.69, 9.17) is 0 Å². The third-order valence-electron chi connectivity index (χ3n) is 3.53. The molecule has 6 nitrogen and oxygen atoms in total. The number of benzene rings is 2. The van der Waals surface area contributed by atoms with E-state index in [0.717, 1.165) is 27.3 Å². The molecule has 2 aromatic heterocycles. The highest BCUT2D eigenvalue weighted by atomic mass is 79.9. The summed E-state index contributed by atoms with van der Waals surface area (Å²) in [7, 11) is 0. The van der Waals surface area contributed by atoms with Crippen LogP contribution >= 0.6 is 15.9 Å². The van der Waals surface area contributed by atoms with Crippen molar-refractivity contribution in [3.63, 3.8) is 0 Å². The number of fused-ring (bicyclic) bond motifs is 1. The number of nitrogens with one attached hydrogen (secondary N) is 3. The molecule has 0 saturated heterocycles. The number of aromatic nitrogens is 4. The van der Waals surface area contributed by atoms with Gasteiger partial charge in [-0.2, -0.15) is 10.1 Å². The Bertz CT molecular complexity index is 1050. The largest absolute Gasteiger partial charge is 0.338 e. The van der Waals surface area contributed by atoms with E-state index in [0.29, 0.717) is 11.6 Å². The van der Waals surface area contributed by atoms with E-state index in [1.54, 1.807) is 6.20 Å². The third kappa shape index (κ3) is 3.43. The molecular weight excluding hydrogens is 387 g/mol. The monoisotopic (exact) mass is 398 g/mol. The average molecular weight is 399 g/mol. The SMILES string of the molecule is Fc1cnc(Nc2cccc(Br)c2)nc1Nc1ccc2cn[nH]c2c1. The number of H-pyrrole nitrogens is 1. The molecule has 0 unspecified atom stereocenters. The molecule has 0 atom stereocenters. The predicted octanol–water partition coefficient (Wildman–Crippen LogP) is 4.74. The Morgan fingerprint density at radius 3 is 2.76 bits per heavy atom. The number of halogens is 2. The first-order valence-corrected chi connectivity index (χ1v) is 8.22. The summed E-state index contributed by atoms with van der Waals surface area (Å²) in [5.74, 6) is -0.152. The van der Waals surface area contributed by atoms with E-state index >= 15 is 0 Å². The Balaban J connectivity index is 1.60. The molecule has 2 aromatic carbocycles. The summed E-state index contributed by atoms with van der Waals surface area (Å²) < 4.78 is 15.0. The molecule has 0 spiro atoms. The van der Waals surface area contributed by atoms with Gasteiger partial charge in [0.1, 0.15) is 0 Å². The molecule has 25 heavy (non-hydrogen) atoms. The topological polar surface area (TPSA) is 78.5 Å². The Hall–Kier alpha value is -3.00. The van der Waals surface area contributed by atoms with Gasteiger partial charge in [-0.1, -0.05) is 22.0 Å². The van der Waals surface area contributed by atoms with Gasteiger partial charge in [0.05, 0.1) is 17.9 Å². The first-order chi connectivity index (χ1) is 12.2. The number of hydrogen-bond donors (Lipinski definition) is 3. The van der Waals surface area contributed by atoms with Gasteiger partial charge in [-0.3, -0.25) is 5.10 Å². The molecule has 0 bridgehead atoms. The fourth-order valence-corrected chi connectivity index (χ4v) is 2.76. The summed E-state index contributed by atoms with van der Waals surface area (Å²) in [6.07, 6.45) is 2.86. The van der Waals surface area contributed by atoms with Crippen LogP contribution in [0.15, 0.2) is 59.3 Å². The minimum Gasteiger partial charge on any atom is -0.338 e. The van der Waals surface area contributed by atoms with Crippen LogP contribution in [0.4, 0.5) is 27.5 Å². The fourth-order valence-electron chi connectivity index (χ4n) is 2.36. The van der Waals surface area contributed by atoms with E-state index in [1.165, 1.54) is 0 Å². The second-order valence-electron chi connectivity index (χ2n) is 5.32. The molecule has 8 heteroatoms. The summed E-state index contributed by atoms with van der Waals surface area (Å²) in [6.45, 7) is 0. The summed E-state index contributed by atoms with van der Waals surface area (Å²) in [6, 6.07) is 13.1. The van der Waals surface area contributed by atoms with Crippen molar-refractivity contribution in [1.82, 2.24) is 20.2 Å². The van der Waals surface area contributed by atoms with Crippen LogP contribution in [0.5, 0.6) is 0 Å². The van der Waals surface area contributed by atoms with Gasteiger partial charge in [0.25, 0.3) is 0 Å². The van der Waals surface area contributed by atoms with E-state index in [1.807, 2.05) is 42.5 Å². The molecule has 3 N–H and O–H groups in total. The second kappa shape index (κ2) is 6.48. The van der Waals surface area contributed by atoms with Gasteiger partial charge >= 0.3 is 0 Å². The standard InChI is InChI=1S/C17H12BrFN6/c18-11-2-1-3-12(6-11)23-17-20-9-14(19)16(24-17)22-13-5-4-10-8-21-25-15(10)7-13/h1-9H,(H,21,25)(H2,20,22,23,24). The summed E-state index contributed by atoms with van der Waals surface area (Å²) in [5.41, 5.74) is 2.35. The Kier molecular flexibility index (Phi) is 4.02. The Labute approximate surface area is 150 Å². The molecular formula is C17H12BrFN6. The van der Waals surface area contributed by atoms with Crippen LogP contribution in [0.1, 0.15) is 0 Å². The molecule has 4 rings (SSSR count). The second-order valence-corrected chi connectivity index (χ2v) is 6.24. The quantitative estimate of drug-likeness (QED) is 0.462. The molecule has 0 radical (unpaired) electrons. The lowest BCUT2D eigenvalue weighted by Gasteiger charge is -2.10. The molecule has 0 saturated carbocycles. The first-order valence-electron chi connectivity index (χ1n) is 7.43. The zero-order valence-electron chi connectivity index (χ0n) is 12.8. The van der Waals surface area contributed by atoms with E-state index in [-0.39, 0.29) is 5.82 Å². The molecule has 0 aliphatic heterocycles. The molecule has 0 amide bonds. The van der Waals surface area contributed by atoms with Crippen LogP contribution in [-0.4, -0.2) is 20.2 Å². The molecule has 124 valence electrons. The van der Waals surface area contributed by atoms with Crippen molar-refractivity contribution in [2.75, 3.05) is 10.6 Å². The van der Waals surface area contributed by atoms with Crippen LogP contribution < -0.4 is 10.6 Å². The van der Waals surface area contributed by atoms with E-state index < -0.39 is 5.82 Å². The van der Waals surface area contributed by atoms with Gasteiger partial charge in [0.15, 0.2) is 11.6 Å². The van der Waals surface area contributed by atoms with Crippen LogP contribution in [0.3, 0.4) is 0 Å². The molecule has 0 aliphatic carbocycles. The maximum Gasteiger partial charge on any atom is 0.229 e. The summed E-state index contributed by atoms with van der Waals surface area (Å²) in [5, 5.41) is 13.8. The molecule has 4 aromatic rings. The van der Waals surface area contributed by atoms with E-state index in [2.05, 4.69) is 46.7 Å². The first kappa shape index (κ1) is 15.5. The highest BCUT2D eigenvalue weighted by Gasteiger charge is 2.09. The third-order valence-corrected chi connectivity index (χ3v) is 4.02. The predicted molar refractivity (Wildman–Crippen MR) is 98.8 cm³/mol. The van der Waals surface area contributed by atoms with Crippen LogP contribution in [0.2, 0.25) is 0 Å². The number of hydrogen-bond acceptors (Lipinski definition) is 5. The van der Waals surface area contributed by atoms with Gasteiger partial charge in [0.2, 0.25) is 5.95 Å². The lowest BCUT2D eigenvalue weighted by molar-refractivity contribution is 0.619. The Morgan fingerprint density at radius 2 is 1.88 bits per heavy atom. The van der Waals surface area contributed by atoms with E-state index in [9.17, 15) is 4.39 Å². The van der Waals surface area contributed by atoms with Crippen molar-refractivity contribution < 1.29 is 4.39 Å². The minimum atomic E-state index is -0.538. The minimum absolute atomic E-state index is 0.0892. The maximum atomic E-state index is 14.1. The van der Waals surface area contributed by atoms with Crippen LogP contribution in [0.25, 0.3) is 10.9 Å². The molecule has 0 aliphatic rings. The Morgan fingerprint density at radius 1 is 1.00 bits per heavy atom.